The highest BCUT2D eigenvalue weighted by atomic mass is 32.1. The van der Waals surface area contributed by atoms with Gasteiger partial charge in [0.2, 0.25) is 0 Å². The average Bonchev–Trinajstić information content (AvgIpc) is 3.60. The van der Waals surface area contributed by atoms with Crippen molar-refractivity contribution in [3.8, 4) is 16.3 Å². The summed E-state index contributed by atoms with van der Waals surface area (Å²) in [7, 11) is 0. The Morgan fingerprint density at radius 3 is 2.76 bits per heavy atom. The Kier molecular flexibility index (Phi) is 5.37. The standard InChI is InChI=1S/C22H17N7O3S/c1-13(21(30)27-20-18-19(24-11-23-18)25-12-26-20)32-22(31)15-10-29(14-6-3-2-4-7-14)28-17(15)16-8-5-9-33-16/h2-13H,1H3,(H2,23,24,25,26,27,30). The number of amides is 1. The lowest BCUT2D eigenvalue weighted by Gasteiger charge is -2.13. The van der Waals surface area contributed by atoms with Gasteiger partial charge in [0.1, 0.15) is 23.1 Å². The normalized spacial score (nSPS) is 11.9. The van der Waals surface area contributed by atoms with Crippen LogP contribution in [0.2, 0.25) is 0 Å². The van der Waals surface area contributed by atoms with Gasteiger partial charge in [-0.2, -0.15) is 5.10 Å². The van der Waals surface area contributed by atoms with Gasteiger partial charge in [-0.05, 0) is 30.5 Å². The summed E-state index contributed by atoms with van der Waals surface area (Å²) in [5.41, 5.74) is 2.44. The number of anilines is 1. The number of nitrogens with one attached hydrogen (secondary N) is 2. The molecular formula is C22H17N7O3S. The van der Waals surface area contributed by atoms with Crippen molar-refractivity contribution in [3.05, 3.63) is 72.3 Å². The maximum Gasteiger partial charge on any atom is 0.342 e. The molecule has 0 saturated heterocycles. The number of hydrogen-bond donors (Lipinski definition) is 2. The molecule has 4 aromatic heterocycles. The molecule has 11 heteroatoms. The van der Waals surface area contributed by atoms with Gasteiger partial charge in [-0.25, -0.2) is 24.4 Å². The number of fused-ring (bicyclic) bond motifs is 1. The third kappa shape index (κ3) is 4.08. The summed E-state index contributed by atoms with van der Waals surface area (Å²) in [6.45, 7) is 1.49. The van der Waals surface area contributed by atoms with E-state index in [1.807, 2.05) is 47.8 Å². The first-order valence-electron chi connectivity index (χ1n) is 9.95. The molecule has 1 aromatic carbocycles. The second-order valence-electron chi connectivity index (χ2n) is 7.01. The second kappa shape index (κ2) is 8.63. The Bertz CT molecular complexity index is 1430. The van der Waals surface area contributed by atoms with Crippen molar-refractivity contribution in [3.63, 3.8) is 0 Å². The summed E-state index contributed by atoms with van der Waals surface area (Å²) in [5.74, 6) is -0.940. The third-order valence-electron chi connectivity index (χ3n) is 4.83. The quantitative estimate of drug-likeness (QED) is 0.372. The number of esters is 1. The summed E-state index contributed by atoms with van der Waals surface area (Å²) < 4.78 is 7.10. The van der Waals surface area contributed by atoms with Gasteiger partial charge in [-0.15, -0.1) is 11.3 Å². The Balaban J connectivity index is 1.38. The first-order valence-corrected chi connectivity index (χ1v) is 10.8. The van der Waals surface area contributed by atoms with Crippen molar-refractivity contribution in [2.75, 3.05) is 5.32 Å². The summed E-state index contributed by atoms with van der Waals surface area (Å²) in [6.07, 6.45) is 3.27. The lowest BCUT2D eigenvalue weighted by Crippen LogP contribution is -2.30. The zero-order valence-electron chi connectivity index (χ0n) is 17.3. The Labute approximate surface area is 191 Å². The summed E-state index contributed by atoms with van der Waals surface area (Å²) >= 11 is 1.46. The lowest BCUT2D eigenvalue weighted by molar-refractivity contribution is -0.123. The molecule has 0 radical (unpaired) electrons. The smallest absolute Gasteiger partial charge is 0.342 e. The predicted molar refractivity (Wildman–Crippen MR) is 122 cm³/mol. The van der Waals surface area contributed by atoms with Crippen LogP contribution in [0.3, 0.4) is 0 Å². The van der Waals surface area contributed by atoms with E-state index in [4.69, 9.17) is 4.74 Å². The predicted octanol–water partition coefficient (Wildman–Crippen LogP) is 3.45. The molecule has 2 N–H and O–H groups in total. The molecule has 1 amide bonds. The van der Waals surface area contributed by atoms with E-state index in [1.54, 1.807) is 10.9 Å². The van der Waals surface area contributed by atoms with Gasteiger partial charge in [0, 0.05) is 6.20 Å². The largest absolute Gasteiger partial charge is 0.449 e. The van der Waals surface area contributed by atoms with Crippen molar-refractivity contribution in [1.82, 2.24) is 29.7 Å². The maximum atomic E-state index is 13.1. The van der Waals surface area contributed by atoms with Crippen LogP contribution in [0.15, 0.2) is 66.7 Å². The minimum Gasteiger partial charge on any atom is -0.449 e. The highest BCUT2D eigenvalue weighted by Crippen LogP contribution is 2.28. The summed E-state index contributed by atoms with van der Waals surface area (Å²) in [6, 6.07) is 13.2. The van der Waals surface area contributed by atoms with Crippen molar-refractivity contribution in [2.24, 2.45) is 0 Å². The minimum atomic E-state index is -1.08. The van der Waals surface area contributed by atoms with Crippen molar-refractivity contribution in [1.29, 1.82) is 0 Å². The van der Waals surface area contributed by atoms with Crippen molar-refractivity contribution < 1.29 is 14.3 Å². The number of aromatic amines is 1. The highest BCUT2D eigenvalue weighted by molar-refractivity contribution is 7.13. The van der Waals surface area contributed by atoms with Crippen molar-refractivity contribution >= 4 is 40.2 Å². The van der Waals surface area contributed by atoms with E-state index < -0.39 is 18.0 Å². The van der Waals surface area contributed by atoms with Crippen LogP contribution in [0.1, 0.15) is 17.3 Å². The van der Waals surface area contributed by atoms with Gasteiger partial charge in [0.05, 0.1) is 16.9 Å². The van der Waals surface area contributed by atoms with E-state index in [2.05, 4.69) is 30.4 Å². The van der Waals surface area contributed by atoms with Gasteiger partial charge < -0.3 is 15.0 Å². The molecule has 0 fully saturated rings. The van der Waals surface area contributed by atoms with Crippen LogP contribution in [0, 0.1) is 0 Å². The lowest BCUT2D eigenvalue weighted by atomic mass is 10.2. The van der Waals surface area contributed by atoms with E-state index in [9.17, 15) is 9.59 Å². The van der Waals surface area contributed by atoms with Gasteiger partial charge in [-0.1, -0.05) is 24.3 Å². The zero-order chi connectivity index (χ0) is 22.8. The van der Waals surface area contributed by atoms with E-state index in [0.717, 1.165) is 10.6 Å². The van der Waals surface area contributed by atoms with E-state index in [1.165, 1.54) is 30.9 Å². The number of para-hydroxylation sites is 1. The first-order chi connectivity index (χ1) is 16.1. The molecule has 0 spiro atoms. The summed E-state index contributed by atoms with van der Waals surface area (Å²) in [4.78, 5) is 41.5. The molecule has 33 heavy (non-hydrogen) atoms. The maximum absolute atomic E-state index is 13.1. The Morgan fingerprint density at radius 1 is 1.12 bits per heavy atom. The number of nitrogens with zero attached hydrogens (tertiary/aromatic N) is 5. The van der Waals surface area contributed by atoms with Gasteiger partial charge in [0.15, 0.2) is 17.6 Å². The number of imidazole rings is 1. The van der Waals surface area contributed by atoms with Crippen LogP contribution >= 0.6 is 11.3 Å². The number of carbonyl (C=O) groups excluding carboxylic acids is 2. The molecule has 1 atom stereocenters. The van der Waals surface area contributed by atoms with Crippen LogP contribution in [0.5, 0.6) is 0 Å². The molecule has 0 bridgehead atoms. The molecule has 0 aliphatic carbocycles. The number of aromatic nitrogens is 6. The number of ether oxygens (including phenoxy) is 1. The summed E-state index contributed by atoms with van der Waals surface area (Å²) in [5, 5.41) is 9.14. The first kappa shape index (κ1) is 20.5. The highest BCUT2D eigenvalue weighted by Gasteiger charge is 2.25. The van der Waals surface area contributed by atoms with Gasteiger partial charge >= 0.3 is 5.97 Å². The molecule has 4 heterocycles. The number of rotatable bonds is 6. The fourth-order valence-corrected chi connectivity index (χ4v) is 3.91. The number of hydrogen-bond acceptors (Lipinski definition) is 8. The SMILES string of the molecule is CC(OC(=O)c1cn(-c2ccccc2)nc1-c1cccs1)C(=O)Nc1ncnc2nc[nH]c12. The molecule has 0 saturated carbocycles. The fraction of sp³-hybridized carbons (Fsp3) is 0.0909. The molecule has 0 aliphatic heterocycles. The topological polar surface area (TPSA) is 128 Å². The van der Waals surface area contributed by atoms with Crippen LogP contribution < -0.4 is 5.32 Å². The number of thiophene rings is 1. The monoisotopic (exact) mass is 459 g/mol. The van der Waals surface area contributed by atoms with Gasteiger partial charge in [0.25, 0.3) is 5.91 Å². The third-order valence-corrected chi connectivity index (χ3v) is 5.70. The van der Waals surface area contributed by atoms with E-state index in [-0.39, 0.29) is 11.4 Å². The van der Waals surface area contributed by atoms with E-state index >= 15 is 0 Å². The molecule has 164 valence electrons. The average molecular weight is 459 g/mol. The molecular weight excluding hydrogens is 442 g/mol. The van der Waals surface area contributed by atoms with Gasteiger partial charge in [-0.3, -0.25) is 4.79 Å². The fourth-order valence-electron chi connectivity index (χ4n) is 3.19. The van der Waals surface area contributed by atoms with Crippen LogP contribution in [0.25, 0.3) is 27.4 Å². The molecule has 5 rings (SSSR count). The van der Waals surface area contributed by atoms with E-state index in [0.29, 0.717) is 16.9 Å². The molecule has 1 unspecified atom stereocenters. The minimum absolute atomic E-state index is 0.251. The van der Waals surface area contributed by atoms with Crippen LogP contribution in [-0.2, 0) is 9.53 Å². The molecule has 5 aromatic rings. The zero-order valence-corrected chi connectivity index (χ0v) is 18.1. The number of carbonyl (C=O) groups is 2. The Hall–Kier alpha value is -4.38. The van der Waals surface area contributed by atoms with Crippen LogP contribution in [-0.4, -0.2) is 47.7 Å². The second-order valence-corrected chi connectivity index (χ2v) is 7.96. The van der Waals surface area contributed by atoms with Crippen molar-refractivity contribution in [2.45, 2.75) is 13.0 Å². The molecule has 0 aliphatic rings. The number of H-pyrrole nitrogens is 1. The van der Waals surface area contributed by atoms with Crippen LogP contribution in [0.4, 0.5) is 5.82 Å². The molecule has 10 nitrogen and oxygen atoms in total. The Morgan fingerprint density at radius 2 is 1.97 bits per heavy atom. The number of benzene rings is 1.